The van der Waals surface area contributed by atoms with Crippen LogP contribution in [0.25, 0.3) is 0 Å². The fourth-order valence-electron chi connectivity index (χ4n) is 3.94. The number of ether oxygens (including phenoxy) is 1. The van der Waals surface area contributed by atoms with Crippen LogP contribution in [0.15, 0.2) is 24.4 Å². The number of rotatable bonds is 4. The van der Waals surface area contributed by atoms with Gasteiger partial charge in [0.15, 0.2) is 6.61 Å². The van der Waals surface area contributed by atoms with Gasteiger partial charge in [0, 0.05) is 25.2 Å². The topological polar surface area (TPSA) is 89.4 Å². The lowest BCUT2D eigenvalue weighted by Gasteiger charge is -2.32. The van der Waals surface area contributed by atoms with Crippen LogP contribution in [-0.4, -0.2) is 51.4 Å². The quantitative estimate of drug-likeness (QED) is 0.874. The maximum Gasteiger partial charge on any atom is 0.262 e. The molecule has 1 saturated carbocycles. The van der Waals surface area contributed by atoms with Crippen LogP contribution in [0.1, 0.15) is 48.9 Å². The first-order chi connectivity index (χ1) is 13.7. The summed E-state index contributed by atoms with van der Waals surface area (Å²) in [7, 11) is 0. The molecule has 1 N–H and O–H groups in total. The van der Waals surface area contributed by atoms with Crippen molar-refractivity contribution in [3.63, 3.8) is 0 Å². The molecule has 28 heavy (non-hydrogen) atoms. The number of fused-ring (bicyclic) bond motifs is 1. The summed E-state index contributed by atoms with van der Waals surface area (Å²) >= 11 is 0. The standard InChI is InChI=1S/C20H23N5O3/c26-19-12-28-18-4-1-13(9-16(18)21-19)10-20(27)24-7-5-15(6-8-24)25-11-17(22-23-25)14-2-3-14/h1,4,9,11,14-15H,2-3,5-8,10,12H2,(H,21,26). The third-order valence-corrected chi connectivity index (χ3v) is 5.75. The summed E-state index contributed by atoms with van der Waals surface area (Å²) in [6, 6.07) is 5.84. The van der Waals surface area contributed by atoms with Gasteiger partial charge >= 0.3 is 0 Å². The third-order valence-electron chi connectivity index (χ3n) is 5.75. The number of amides is 2. The van der Waals surface area contributed by atoms with Gasteiger partial charge in [-0.15, -0.1) is 5.10 Å². The van der Waals surface area contributed by atoms with Gasteiger partial charge in [-0.2, -0.15) is 0 Å². The monoisotopic (exact) mass is 381 g/mol. The number of hydrogen-bond acceptors (Lipinski definition) is 5. The predicted molar refractivity (Wildman–Crippen MR) is 101 cm³/mol. The Morgan fingerprint density at radius 2 is 2.04 bits per heavy atom. The van der Waals surface area contributed by atoms with E-state index in [0.29, 0.717) is 29.8 Å². The van der Waals surface area contributed by atoms with Crippen LogP contribution in [-0.2, 0) is 16.0 Å². The number of likely N-dealkylation sites (tertiary alicyclic amines) is 1. The highest BCUT2D eigenvalue weighted by atomic mass is 16.5. The zero-order valence-corrected chi connectivity index (χ0v) is 15.6. The molecule has 3 heterocycles. The number of carbonyl (C=O) groups excluding carboxylic acids is 2. The first-order valence-corrected chi connectivity index (χ1v) is 9.91. The van der Waals surface area contributed by atoms with Crippen LogP contribution in [0.5, 0.6) is 5.75 Å². The molecule has 8 nitrogen and oxygen atoms in total. The molecule has 1 aromatic carbocycles. The number of benzene rings is 1. The smallest absolute Gasteiger partial charge is 0.262 e. The van der Waals surface area contributed by atoms with Crippen molar-refractivity contribution in [2.45, 2.75) is 44.1 Å². The van der Waals surface area contributed by atoms with Crippen molar-refractivity contribution >= 4 is 17.5 Å². The van der Waals surface area contributed by atoms with E-state index in [-0.39, 0.29) is 18.4 Å². The molecular weight excluding hydrogens is 358 g/mol. The van der Waals surface area contributed by atoms with Gasteiger partial charge in [-0.3, -0.25) is 9.59 Å². The minimum absolute atomic E-state index is 0.0359. The van der Waals surface area contributed by atoms with Gasteiger partial charge in [-0.25, -0.2) is 4.68 Å². The highest BCUT2D eigenvalue weighted by Gasteiger charge is 2.29. The minimum Gasteiger partial charge on any atom is -0.482 e. The Balaban J connectivity index is 1.18. The second kappa shape index (κ2) is 6.92. The van der Waals surface area contributed by atoms with Crippen molar-refractivity contribution in [2.75, 3.05) is 25.0 Å². The van der Waals surface area contributed by atoms with Gasteiger partial charge < -0.3 is 15.0 Å². The summed E-state index contributed by atoms with van der Waals surface area (Å²) in [4.78, 5) is 26.1. The molecule has 146 valence electrons. The largest absolute Gasteiger partial charge is 0.482 e. The molecular formula is C20H23N5O3. The molecule has 0 bridgehead atoms. The highest BCUT2D eigenvalue weighted by molar-refractivity contribution is 5.95. The fourth-order valence-corrected chi connectivity index (χ4v) is 3.94. The molecule has 0 unspecified atom stereocenters. The lowest BCUT2D eigenvalue weighted by atomic mass is 10.0. The van der Waals surface area contributed by atoms with Crippen LogP contribution in [0.4, 0.5) is 5.69 Å². The van der Waals surface area contributed by atoms with Gasteiger partial charge in [0.1, 0.15) is 5.75 Å². The maximum absolute atomic E-state index is 12.7. The van der Waals surface area contributed by atoms with Gasteiger partial charge in [0.25, 0.3) is 5.91 Å². The fraction of sp³-hybridized carbons (Fsp3) is 0.500. The Labute approximate surface area is 162 Å². The Hall–Kier alpha value is -2.90. The van der Waals surface area contributed by atoms with Crippen molar-refractivity contribution in [1.82, 2.24) is 19.9 Å². The van der Waals surface area contributed by atoms with Gasteiger partial charge in [-0.1, -0.05) is 11.3 Å². The normalized spacial score (nSPS) is 19.7. The van der Waals surface area contributed by atoms with E-state index in [1.54, 1.807) is 0 Å². The van der Waals surface area contributed by atoms with Crippen LogP contribution in [0.3, 0.4) is 0 Å². The van der Waals surface area contributed by atoms with Crippen molar-refractivity contribution < 1.29 is 14.3 Å². The van der Waals surface area contributed by atoms with E-state index >= 15 is 0 Å². The van der Waals surface area contributed by atoms with E-state index in [0.717, 1.165) is 37.2 Å². The van der Waals surface area contributed by atoms with Crippen molar-refractivity contribution in [1.29, 1.82) is 0 Å². The summed E-state index contributed by atoms with van der Waals surface area (Å²) in [5.41, 5.74) is 2.63. The number of nitrogens with one attached hydrogen (secondary N) is 1. The highest BCUT2D eigenvalue weighted by Crippen LogP contribution is 2.39. The van der Waals surface area contributed by atoms with Gasteiger partial charge in [-0.05, 0) is 43.4 Å². The first kappa shape index (κ1) is 17.2. The summed E-state index contributed by atoms with van der Waals surface area (Å²) in [5.74, 6) is 1.20. The Morgan fingerprint density at radius 1 is 1.21 bits per heavy atom. The molecule has 2 aliphatic heterocycles. The number of aromatic nitrogens is 3. The first-order valence-electron chi connectivity index (χ1n) is 9.91. The van der Waals surface area contributed by atoms with Gasteiger partial charge in [0.05, 0.1) is 23.8 Å². The number of nitrogens with zero attached hydrogens (tertiary/aromatic N) is 4. The molecule has 1 saturated heterocycles. The van der Waals surface area contributed by atoms with E-state index in [1.165, 1.54) is 12.8 Å². The SMILES string of the molecule is O=C1COc2ccc(CC(=O)N3CCC(n4cc(C5CC5)nn4)CC3)cc2N1. The predicted octanol–water partition coefficient (Wildman–Crippen LogP) is 1.89. The second-order valence-electron chi connectivity index (χ2n) is 7.85. The van der Waals surface area contributed by atoms with E-state index in [9.17, 15) is 9.59 Å². The summed E-state index contributed by atoms with van der Waals surface area (Å²) in [5, 5.41) is 11.4. The average molecular weight is 381 g/mol. The van der Waals surface area contributed by atoms with Crippen molar-refractivity contribution in [2.24, 2.45) is 0 Å². The van der Waals surface area contributed by atoms with Crippen LogP contribution in [0.2, 0.25) is 0 Å². The second-order valence-corrected chi connectivity index (χ2v) is 7.85. The maximum atomic E-state index is 12.7. The molecule has 2 fully saturated rings. The molecule has 2 amide bonds. The van der Waals surface area contributed by atoms with Crippen molar-refractivity contribution in [3.8, 4) is 5.75 Å². The van der Waals surface area contributed by atoms with Gasteiger partial charge in [0.2, 0.25) is 5.91 Å². The molecule has 0 atom stereocenters. The van der Waals surface area contributed by atoms with E-state index in [2.05, 4.69) is 21.8 Å². The molecule has 8 heteroatoms. The lowest BCUT2D eigenvalue weighted by molar-refractivity contribution is -0.131. The van der Waals surface area contributed by atoms with Crippen LogP contribution in [0, 0.1) is 0 Å². The molecule has 0 spiro atoms. The molecule has 3 aliphatic rings. The zero-order valence-electron chi connectivity index (χ0n) is 15.6. The molecule has 1 aromatic heterocycles. The molecule has 5 rings (SSSR count). The minimum atomic E-state index is -0.170. The van der Waals surface area contributed by atoms with E-state index in [4.69, 9.17) is 4.74 Å². The number of anilines is 1. The van der Waals surface area contributed by atoms with E-state index in [1.807, 2.05) is 27.8 Å². The number of hydrogen-bond donors (Lipinski definition) is 1. The molecule has 1 aliphatic carbocycles. The van der Waals surface area contributed by atoms with Crippen LogP contribution >= 0.6 is 0 Å². The van der Waals surface area contributed by atoms with Crippen LogP contribution < -0.4 is 10.1 Å². The Bertz CT molecular complexity index is 912. The Morgan fingerprint density at radius 3 is 2.82 bits per heavy atom. The lowest BCUT2D eigenvalue weighted by Crippen LogP contribution is -2.40. The average Bonchev–Trinajstić information content (AvgIpc) is 3.44. The number of carbonyl (C=O) groups is 2. The molecule has 0 radical (unpaired) electrons. The van der Waals surface area contributed by atoms with Crippen molar-refractivity contribution in [3.05, 3.63) is 35.7 Å². The zero-order chi connectivity index (χ0) is 19.1. The third kappa shape index (κ3) is 3.46. The molecule has 2 aromatic rings. The Kier molecular flexibility index (Phi) is 4.26. The summed E-state index contributed by atoms with van der Waals surface area (Å²) in [6.07, 6.45) is 6.65. The summed E-state index contributed by atoms with van der Waals surface area (Å²) < 4.78 is 7.35. The van der Waals surface area contributed by atoms with E-state index < -0.39 is 0 Å². The summed E-state index contributed by atoms with van der Waals surface area (Å²) in [6.45, 7) is 1.49. The number of piperidine rings is 1.